The third kappa shape index (κ3) is 4.20. The molecular formula is C16H25ClN2O4. The van der Waals surface area contributed by atoms with Gasteiger partial charge in [0.25, 0.3) is 5.91 Å². The Balaban J connectivity index is 0.00000264. The zero-order valence-corrected chi connectivity index (χ0v) is 14.6. The summed E-state index contributed by atoms with van der Waals surface area (Å²) in [7, 11) is 4.59. The van der Waals surface area contributed by atoms with E-state index in [1.165, 1.54) is 21.3 Å². The Morgan fingerprint density at radius 3 is 2.26 bits per heavy atom. The van der Waals surface area contributed by atoms with Crippen molar-refractivity contribution in [1.82, 2.24) is 5.32 Å². The van der Waals surface area contributed by atoms with Crippen LogP contribution in [0.1, 0.15) is 29.6 Å². The van der Waals surface area contributed by atoms with E-state index in [9.17, 15) is 4.79 Å². The number of methoxy groups -OCH3 is 3. The lowest BCUT2D eigenvalue weighted by molar-refractivity contribution is 0.0928. The van der Waals surface area contributed by atoms with Gasteiger partial charge in [-0.05, 0) is 37.4 Å². The van der Waals surface area contributed by atoms with Crippen LogP contribution in [0.15, 0.2) is 12.1 Å². The Hall–Kier alpha value is -1.66. The molecule has 2 rings (SSSR count). The van der Waals surface area contributed by atoms with Crippen LogP contribution in [0.25, 0.3) is 0 Å². The molecule has 1 amide bonds. The molecule has 6 nitrogen and oxygen atoms in total. The van der Waals surface area contributed by atoms with E-state index in [4.69, 9.17) is 19.9 Å². The van der Waals surface area contributed by atoms with Crippen LogP contribution < -0.4 is 25.3 Å². The van der Waals surface area contributed by atoms with E-state index in [-0.39, 0.29) is 24.4 Å². The molecule has 1 aromatic carbocycles. The van der Waals surface area contributed by atoms with Crippen molar-refractivity contribution < 1.29 is 19.0 Å². The van der Waals surface area contributed by atoms with E-state index in [0.717, 1.165) is 19.3 Å². The summed E-state index contributed by atoms with van der Waals surface area (Å²) < 4.78 is 15.8. The molecule has 0 saturated heterocycles. The smallest absolute Gasteiger partial charge is 0.251 e. The van der Waals surface area contributed by atoms with Crippen molar-refractivity contribution in [2.24, 2.45) is 11.7 Å². The number of hydrogen-bond acceptors (Lipinski definition) is 5. The van der Waals surface area contributed by atoms with Crippen molar-refractivity contribution in [3.05, 3.63) is 17.7 Å². The van der Waals surface area contributed by atoms with Crippen LogP contribution in [0.3, 0.4) is 0 Å². The maximum absolute atomic E-state index is 12.5. The normalized spacial score (nSPS) is 19.7. The van der Waals surface area contributed by atoms with Crippen molar-refractivity contribution in [3.8, 4) is 17.2 Å². The van der Waals surface area contributed by atoms with Crippen LogP contribution in [0.2, 0.25) is 0 Å². The minimum absolute atomic E-state index is 0. The largest absolute Gasteiger partial charge is 0.493 e. The van der Waals surface area contributed by atoms with Crippen LogP contribution in [0.4, 0.5) is 0 Å². The number of benzene rings is 1. The summed E-state index contributed by atoms with van der Waals surface area (Å²) in [5.74, 6) is 1.61. The molecule has 1 fully saturated rings. The first-order valence-corrected chi connectivity index (χ1v) is 7.45. The summed E-state index contributed by atoms with van der Waals surface area (Å²) >= 11 is 0. The zero-order chi connectivity index (χ0) is 16.1. The van der Waals surface area contributed by atoms with Gasteiger partial charge in [0.1, 0.15) is 0 Å². The summed E-state index contributed by atoms with van der Waals surface area (Å²) in [4.78, 5) is 12.5. The third-order valence-corrected chi connectivity index (χ3v) is 4.21. The van der Waals surface area contributed by atoms with Crippen LogP contribution in [0, 0.1) is 5.92 Å². The van der Waals surface area contributed by atoms with E-state index in [1.54, 1.807) is 12.1 Å². The zero-order valence-electron chi connectivity index (χ0n) is 13.8. The lowest BCUT2D eigenvalue weighted by Gasteiger charge is -2.20. The fourth-order valence-corrected chi connectivity index (χ4v) is 2.97. The summed E-state index contributed by atoms with van der Waals surface area (Å²) in [6.07, 6.45) is 3.14. The molecule has 7 heteroatoms. The summed E-state index contributed by atoms with van der Waals surface area (Å²) in [6.45, 7) is 0.597. The molecule has 0 bridgehead atoms. The van der Waals surface area contributed by atoms with Gasteiger partial charge in [0.15, 0.2) is 11.5 Å². The quantitative estimate of drug-likeness (QED) is 0.824. The highest BCUT2D eigenvalue weighted by Crippen LogP contribution is 2.38. The predicted octanol–water partition coefficient (Wildman–Crippen LogP) is 1.99. The summed E-state index contributed by atoms with van der Waals surface area (Å²) in [5.41, 5.74) is 6.24. The first-order valence-electron chi connectivity index (χ1n) is 7.45. The molecule has 1 saturated carbocycles. The molecule has 0 aromatic heterocycles. The van der Waals surface area contributed by atoms with Crippen molar-refractivity contribution in [2.45, 2.75) is 25.3 Å². The highest BCUT2D eigenvalue weighted by molar-refractivity contribution is 5.95. The molecule has 0 heterocycles. The van der Waals surface area contributed by atoms with Gasteiger partial charge >= 0.3 is 0 Å². The van der Waals surface area contributed by atoms with Gasteiger partial charge in [-0.1, -0.05) is 6.42 Å². The van der Waals surface area contributed by atoms with Crippen molar-refractivity contribution in [2.75, 3.05) is 27.9 Å². The van der Waals surface area contributed by atoms with E-state index >= 15 is 0 Å². The molecule has 2 atom stereocenters. The average Bonchev–Trinajstić information content (AvgIpc) is 3.00. The summed E-state index contributed by atoms with van der Waals surface area (Å²) in [5, 5.41) is 3.07. The number of halogens is 1. The van der Waals surface area contributed by atoms with Gasteiger partial charge in [-0.3, -0.25) is 4.79 Å². The van der Waals surface area contributed by atoms with Gasteiger partial charge in [0.2, 0.25) is 5.75 Å². The molecule has 1 aromatic rings. The highest BCUT2D eigenvalue weighted by atomic mass is 35.5. The molecule has 0 radical (unpaired) electrons. The van der Waals surface area contributed by atoms with Crippen LogP contribution in [-0.4, -0.2) is 39.8 Å². The topological polar surface area (TPSA) is 82.8 Å². The number of rotatable bonds is 6. The Morgan fingerprint density at radius 1 is 1.17 bits per heavy atom. The molecule has 3 N–H and O–H groups in total. The minimum atomic E-state index is -0.149. The van der Waals surface area contributed by atoms with Gasteiger partial charge in [0, 0.05) is 11.6 Å². The molecular weight excluding hydrogens is 320 g/mol. The number of hydrogen-bond donors (Lipinski definition) is 2. The Labute approximate surface area is 143 Å². The van der Waals surface area contributed by atoms with Gasteiger partial charge in [-0.2, -0.15) is 0 Å². The van der Waals surface area contributed by atoms with Crippen LogP contribution in [-0.2, 0) is 0 Å². The molecule has 1 aliphatic carbocycles. The first-order chi connectivity index (χ1) is 10.6. The number of nitrogens with one attached hydrogen (secondary N) is 1. The minimum Gasteiger partial charge on any atom is -0.493 e. The highest BCUT2D eigenvalue weighted by Gasteiger charge is 2.28. The van der Waals surface area contributed by atoms with Gasteiger partial charge < -0.3 is 25.3 Å². The lowest BCUT2D eigenvalue weighted by Crippen LogP contribution is -2.39. The second-order valence-corrected chi connectivity index (χ2v) is 5.42. The lowest BCUT2D eigenvalue weighted by atomic mass is 10.0. The standard InChI is InChI=1S/C16H24N2O4.ClH/c1-20-13-7-11(8-14(21-2)15(13)22-3)16(19)18-12-6-4-5-10(12)9-17;/h7-8,10,12H,4-6,9,17H2,1-3H3,(H,18,19);1H. The first kappa shape index (κ1) is 19.4. The Kier molecular flexibility index (Phi) is 7.45. The van der Waals surface area contributed by atoms with Crippen molar-refractivity contribution >= 4 is 18.3 Å². The summed E-state index contributed by atoms with van der Waals surface area (Å²) in [6, 6.07) is 3.45. The maximum atomic E-state index is 12.5. The number of ether oxygens (including phenoxy) is 3. The fourth-order valence-electron chi connectivity index (χ4n) is 2.97. The van der Waals surface area contributed by atoms with Crippen molar-refractivity contribution in [3.63, 3.8) is 0 Å². The fraction of sp³-hybridized carbons (Fsp3) is 0.562. The molecule has 1 aliphatic rings. The predicted molar refractivity (Wildman–Crippen MR) is 91.0 cm³/mol. The van der Waals surface area contributed by atoms with Crippen LogP contribution in [0.5, 0.6) is 17.2 Å². The second kappa shape index (κ2) is 8.84. The van der Waals surface area contributed by atoms with E-state index in [1.807, 2.05) is 0 Å². The van der Waals surface area contributed by atoms with Crippen LogP contribution >= 0.6 is 12.4 Å². The van der Waals surface area contributed by atoms with Gasteiger partial charge in [0.05, 0.1) is 21.3 Å². The number of carbonyl (C=O) groups is 1. The van der Waals surface area contributed by atoms with Crippen molar-refractivity contribution in [1.29, 1.82) is 0 Å². The van der Waals surface area contributed by atoms with E-state index in [2.05, 4.69) is 5.32 Å². The average molecular weight is 345 g/mol. The number of amides is 1. The molecule has 0 spiro atoms. The second-order valence-electron chi connectivity index (χ2n) is 5.42. The molecule has 130 valence electrons. The van der Waals surface area contributed by atoms with E-state index < -0.39 is 0 Å². The Bertz CT molecular complexity index is 514. The molecule has 0 aliphatic heterocycles. The van der Waals surface area contributed by atoms with E-state index in [0.29, 0.717) is 35.3 Å². The van der Waals surface area contributed by atoms with Gasteiger partial charge in [-0.25, -0.2) is 0 Å². The molecule has 23 heavy (non-hydrogen) atoms. The Morgan fingerprint density at radius 2 is 1.78 bits per heavy atom. The number of carbonyl (C=O) groups excluding carboxylic acids is 1. The monoisotopic (exact) mass is 344 g/mol. The number of nitrogens with two attached hydrogens (primary N) is 1. The molecule has 2 unspecified atom stereocenters. The third-order valence-electron chi connectivity index (χ3n) is 4.21. The van der Waals surface area contributed by atoms with Gasteiger partial charge in [-0.15, -0.1) is 12.4 Å². The maximum Gasteiger partial charge on any atom is 0.251 e. The SMILES string of the molecule is COc1cc(C(=O)NC2CCCC2CN)cc(OC)c1OC.Cl.